The van der Waals surface area contributed by atoms with Crippen LogP contribution in [0.1, 0.15) is 51.2 Å². The first-order valence-corrected chi connectivity index (χ1v) is 9.15. The molecule has 0 amide bonds. The summed E-state index contributed by atoms with van der Waals surface area (Å²) in [5.41, 5.74) is 1.49. The third-order valence-electron chi connectivity index (χ3n) is 3.14. The fourth-order valence-electron chi connectivity index (χ4n) is 1.90. The summed E-state index contributed by atoms with van der Waals surface area (Å²) < 4.78 is 29.1. The van der Waals surface area contributed by atoms with Crippen LogP contribution in [0.2, 0.25) is 0 Å². The van der Waals surface area contributed by atoms with Gasteiger partial charge in [0, 0.05) is 10.7 Å². The van der Waals surface area contributed by atoms with Gasteiger partial charge in [0.25, 0.3) is 9.05 Å². The van der Waals surface area contributed by atoms with E-state index in [1.54, 1.807) is 12.1 Å². The minimum absolute atomic E-state index is 0.0616. The number of halogens is 1. The number of ether oxygens (including phenoxy) is 1. The molecule has 1 rings (SSSR count). The lowest BCUT2D eigenvalue weighted by atomic mass is 10.0. The Balaban J connectivity index is 3.14. The van der Waals surface area contributed by atoms with Crippen molar-refractivity contribution in [2.75, 3.05) is 6.61 Å². The zero-order chi connectivity index (χ0) is 15.5. The Morgan fingerprint density at radius 1 is 1.20 bits per heavy atom. The Bertz CT molecular complexity index is 563. The minimum atomic E-state index is -3.74. The fourth-order valence-corrected chi connectivity index (χ4v) is 3.19. The molecule has 0 radical (unpaired) electrons. The molecule has 0 aromatic heterocycles. The van der Waals surface area contributed by atoms with Gasteiger partial charge in [-0.05, 0) is 48.4 Å². The van der Waals surface area contributed by atoms with Gasteiger partial charge in [0.05, 0.1) is 11.5 Å². The van der Waals surface area contributed by atoms with Crippen LogP contribution >= 0.6 is 10.7 Å². The summed E-state index contributed by atoms with van der Waals surface area (Å²) in [6.45, 7) is 10.6. The molecule has 0 saturated heterocycles. The van der Waals surface area contributed by atoms with Gasteiger partial charge in [-0.25, -0.2) is 8.42 Å². The summed E-state index contributed by atoms with van der Waals surface area (Å²) in [4.78, 5) is 0.183. The molecule has 0 bridgehead atoms. The molecule has 0 saturated carbocycles. The molecule has 20 heavy (non-hydrogen) atoms. The van der Waals surface area contributed by atoms with Crippen molar-refractivity contribution in [1.82, 2.24) is 0 Å². The summed E-state index contributed by atoms with van der Waals surface area (Å²) in [6.07, 6.45) is 0.964. The van der Waals surface area contributed by atoms with Gasteiger partial charge >= 0.3 is 0 Å². The summed E-state index contributed by atoms with van der Waals surface area (Å²) >= 11 is 0. The average Bonchev–Trinajstić information content (AvgIpc) is 2.28. The summed E-state index contributed by atoms with van der Waals surface area (Å²) in [6, 6.07) is 3.40. The summed E-state index contributed by atoms with van der Waals surface area (Å²) in [7, 11) is 1.77. The van der Waals surface area contributed by atoms with E-state index in [-0.39, 0.29) is 10.8 Å². The molecule has 114 valence electrons. The lowest BCUT2D eigenvalue weighted by molar-refractivity contribution is 0.287. The van der Waals surface area contributed by atoms with Gasteiger partial charge in [-0.2, -0.15) is 0 Å². The van der Waals surface area contributed by atoms with Gasteiger partial charge in [0.15, 0.2) is 0 Å². The smallest absolute Gasteiger partial charge is 0.261 e. The topological polar surface area (TPSA) is 43.4 Å². The molecule has 0 unspecified atom stereocenters. The van der Waals surface area contributed by atoms with Crippen molar-refractivity contribution in [2.45, 2.75) is 51.9 Å². The van der Waals surface area contributed by atoms with Crippen LogP contribution < -0.4 is 4.74 Å². The standard InChI is InChI=1S/C15H23ClO3S/c1-10(2)6-7-19-14-9-13(11(3)4)15(8-12(14)5)20(16,17)18/h8-11H,6-7H2,1-5H3. The molecule has 1 aromatic carbocycles. The normalized spacial score (nSPS) is 12.2. The van der Waals surface area contributed by atoms with E-state index in [1.165, 1.54) is 0 Å². The van der Waals surface area contributed by atoms with Crippen molar-refractivity contribution in [2.24, 2.45) is 5.92 Å². The molecule has 5 heteroatoms. The predicted octanol–water partition coefficient (Wildman–Crippen LogP) is 4.47. The molecule has 0 atom stereocenters. The quantitative estimate of drug-likeness (QED) is 0.727. The van der Waals surface area contributed by atoms with E-state index in [1.807, 2.05) is 20.8 Å². The van der Waals surface area contributed by atoms with E-state index in [4.69, 9.17) is 15.4 Å². The lowest BCUT2D eigenvalue weighted by Crippen LogP contribution is -2.06. The van der Waals surface area contributed by atoms with Crippen molar-refractivity contribution >= 4 is 19.7 Å². The molecule has 0 fully saturated rings. The number of hydrogen-bond acceptors (Lipinski definition) is 3. The predicted molar refractivity (Wildman–Crippen MR) is 83.3 cm³/mol. The molecule has 0 heterocycles. The van der Waals surface area contributed by atoms with Crippen molar-refractivity contribution in [1.29, 1.82) is 0 Å². The van der Waals surface area contributed by atoms with Crippen LogP contribution in [-0.2, 0) is 9.05 Å². The number of hydrogen-bond donors (Lipinski definition) is 0. The second kappa shape index (κ2) is 6.81. The average molecular weight is 319 g/mol. The van der Waals surface area contributed by atoms with Crippen LogP contribution in [0, 0.1) is 12.8 Å². The first kappa shape index (κ1) is 17.3. The summed E-state index contributed by atoms with van der Waals surface area (Å²) in [5, 5.41) is 0. The maximum atomic E-state index is 11.6. The van der Waals surface area contributed by atoms with Crippen molar-refractivity contribution < 1.29 is 13.2 Å². The van der Waals surface area contributed by atoms with Crippen molar-refractivity contribution in [3.05, 3.63) is 23.3 Å². The molecule has 3 nitrogen and oxygen atoms in total. The monoisotopic (exact) mass is 318 g/mol. The van der Waals surface area contributed by atoms with E-state index in [9.17, 15) is 8.42 Å². The summed E-state index contributed by atoms with van der Waals surface area (Å²) in [5.74, 6) is 1.37. The van der Waals surface area contributed by atoms with Crippen molar-refractivity contribution in [3.8, 4) is 5.75 Å². The molecule has 0 N–H and O–H groups in total. The lowest BCUT2D eigenvalue weighted by Gasteiger charge is -2.16. The molecule has 0 spiro atoms. The third-order valence-corrected chi connectivity index (χ3v) is 4.52. The van der Waals surface area contributed by atoms with Crippen LogP contribution in [0.4, 0.5) is 0 Å². The molecule has 0 aliphatic carbocycles. The zero-order valence-corrected chi connectivity index (χ0v) is 14.3. The van der Waals surface area contributed by atoms with Crippen molar-refractivity contribution in [3.63, 3.8) is 0 Å². The Labute approximate surface area is 126 Å². The van der Waals surface area contributed by atoms with Crippen LogP contribution in [0.15, 0.2) is 17.0 Å². The Hall–Kier alpha value is -0.740. The maximum Gasteiger partial charge on any atom is 0.261 e. The van der Waals surface area contributed by atoms with E-state index >= 15 is 0 Å². The Morgan fingerprint density at radius 2 is 1.80 bits per heavy atom. The van der Waals surface area contributed by atoms with E-state index < -0.39 is 9.05 Å². The number of rotatable bonds is 6. The maximum absolute atomic E-state index is 11.6. The Morgan fingerprint density at radius 3 is 2.25 bits per heavy atom. The van der Waals surface area contributed by atoms with Crippen LogP contribution in [0.3, 0.4) is 0 Å². The number of benzene rings is 1. The molecular formula is C15H23ClO3S. The third kappa shape index (κ3) is 4.67. The highest BCUT2D eigenvalue weighted by molar-refractivity contribution is 8.13. The first-order valence-electron chi connectivity index (χ1n) is 6.85. The molecular weight excluding hydrogens is 296 g/mol. The van der Waals surface area contributed by atoms with Gasteiger partial charge in [-0.1, -0.05) is 27.7 Å². The second-order valence-electron chi connectivity index (χ2n) is 5.78. The van der Waals surface area contributed by atoms with E-state index in [0.717, 1.165) is 17.7 Å². The fraction of sp³-hybridized carbons (Fsp3) is 0.600. The first-order chi connectivity index (χ1) is 9.12. The SMILES string of the molecule is Cc1cc(S(=O)(=O)Cl)c(C(C)C)cc1OCCC(C)C. The van der Waals surface area contributed by atoms with Gasteiger partial charge in [-0.3, -0.25) is 0 Å². The van der Waals surface area contributed by atoms with Gasteiger partial charge in [-0.15, -0.1) is 0 Å². The van der Waals surface area contributed by atoms with E-state index in [2.05, 4.69) is 13.8 Å². The molecule has 1 aromatic rings. The van der Waals surface area contributed by atoms with Gasteiger partial charge in [0.2, 0.25) is 0 Å². The van der Waals surface area contributed by atoms with Crippen LogP contribution in [0.5, 0.6) is 5.75 Å². The van der Waals surface area contributed by atoms with Crippen LogP contribution in [0.25, 0.3) is 0 Å². The number of aryl methyl sites for hydroxylation is 1. The minimum Gasteiger partial charge on any atom is -0.493 e. The van der Waals surface area contributed by atoms with Gasteiger partial charge < -0.3 is 4.74 Å². The van der Waals surface area contributed by atoms with Crippen LogP contribution in [-0.4, -0.2) is 15.0 Å². The van der Waals surface area contributed by atoms with Gasteiger partial charge in [0.1, 0.15) is 5.75 Å². The van der Waals surface area contributed by atoms with E-state index in [0.29, 0.717) is 18.1 Å². The zero-order valence-electron chi connectivity index (χ0n) is 12.7. The largest absolute Gasteiger partial charge is 0.493 e. The second-order valence-corrected chi connectivity index (χ2v) is 8.31. The highest BCUT2D eigenvalue weighted by atomic mass is 35.7. The highest BCUT2D eigenvalue weighted by Gasteiger charge is 2.20. The molecule has 0 aliphatic heterocycles. The highest BCUT2D eigenvalue weighted by Crippen LogP contribution is 2.32. The Kier molecular flexibility index (Phi) is 5.90. The molecule has 0 aliphatic rings.